The van der Waals surface area contributed by atoms with Gasteiger partial charge in [-0.25, -0.2) is 0 Å². The quantitative estimate of drug-likeness (QED) is 0.633. The smallest absolute Gasteiger partial charge is 0.187 e. The minimum absolute atomic E-state index is 0.0759. The Morgan fingerprint density at radius 3 is 2.80 bits per heavy atom. The molecule has 0 saturated heterocycles. The number of nitrogens with zero attached hydrogens (tertiary/aromatic N) is 1. The third-order valence-corrected chi connectivity index (χ3v) is 2.94. The van der Waals surface area contributed by atoms with Gasteiger partial charge in [-0.2, -0.15) is 0 Å². The van der Waals surface area contributed by atoms with Gasteiger partial charge in [0.1, 0.15) is 13.2 Å². The average molecular weight is 267 g/mol. The summed E-state index contributed by atoms with van der Waals surface area (Å²) >= 11 is 0. The molecule has 0 N–H and O–H groups in total. The Hall–Kier alpha value is -2.62. The first kappa shape index (κ1) is 12.4. The monoisotopic (exact) mass is 267 g/mol. The van der Waals surface area contributed by atoms with Crippen LogP contribution in [-0.4, -0.2) is 24.0 Å². The predicted octanol–water partition coefficient (Wildman–Crippen LogP) is 2.75. The van der Waals surface area contributed by atoms with Gasteiger partial charge >= 0.3 is 0 Å². The summed E-state index contributed by atoms with van der Waals surface area (Å²) in [5.74, 6) is 1.38. The minimum atomic E-state index is -0.0759. The van der Waals surface area contributed by atoms with Gasteiger partial charge in [0.25, 0.3) is 0 Å². The normalized spacial score (nSPS) is 13.4. The SMILES string of the molecule is O=C(/C=C\c1ccc2c(c1)OCCO2)c1cccnc1. The lowest BCUT2D eigenvalue weighted by molar-refractivity contribution is 0.104. The maximum Gasteiger partial charge on any atom is 0.187 e. The molecule has 4 nitrogen and oxygen atoms in total. The summed E-state index contributed by atoms with van der Waals surface area (Å²) in [7, 11) is 0. The van der Waals surface area contributed by atoms with Gasteiger partial charge in [0, 0.05) is 18.0 Å². The molecular weight excluding hydrogens is 254 g/mol. The van der Waals surface area contributed by atoms with Gasteiger partial charge in [-0.3, -0.25) is 9.78 Å². The number of carbonyl (C=O) groups excluding carboxylic acids is 1. The zero-order valence-corrected chi connectivity index (χ0v) is 10.8. The molecule has 0 fully saturated rings. The number of rotatable bonds is 3. The van der Waals surface area contributed by atoms with E-state index in [4.69, 9.17) is 9.47 Å². The third-order valence-electron chi connectivity index (χ3n) is 2.94. The summed E-state index contributed by atoms with van der Waals surface area (Å²) in [5.41, 5.74) is 1.47. The van der Waals surface area contributed by atoms with Crippen molar-refractivity contribution < 1.29 is 14.3 Å². The fourth-order valence-electron chi connectivity index (χ4n) is 1.94. The lowest BCUT2D eigenvalue weighted by Gasteiger charge is -2.18. The molecule has 1 aromatic heterocycles. The number of aromatic nitrogens is 1. The van der Waals surface area contributed by atoms with Gasteiger partial charge in [0.05, 0.1) is 0 Å². The average Bonchev–Trinajstić information content (AvgIpc) is 2.53. The number of pyridine rings is 1. The van der Waals surface area contributed by atoms with E-state index in [-0.39, 0.29) is 5.78 Å². The van der Waals surface area contributed by atoms with Crippen LogP contribution in [-0.2, 0) is 0 Å². The summed E-state index contributed by atoms with van der Waals surface area (Å²) in [6.07, 6.45) is 6.48. The molecule has 0 saturated carbocycles. The molecule has 0 atom stereocenters. The van der Waals surface area contributed by atoms with Crippen molar-refractivity contribution in [2.24, 2.45) is 0 Å². The van der Waals surface area contributed by atoms with Crippen LogP contribution in [0.5, 0.6) is 11.5 Å². The van der Waals surface area contributed by atoms with Gasteiger partial charge in [-0.15, -0.1) is 0 Å². The number of hydrogen-bond acceptors (Lipinski definition) is 4. The fourth-order valence-corrected chi connectivity index (χ4v) is 1.94. The number of carbonyl (C=O) groups is 1. The molecule has 0 aliphatic carbocycles. The molecule has 2 aromatic rings. The van der Waals surface area contributed by atoms with Crippen molar-refractivity contribution in [3.05, 3.63) is 59.9 Å². The van der Waals surface area contributed by atoms with E-state index >= 15 is 0 Å². The van der Waals surface area contributed by atoms with E-state index < -0.39 is 0 Å². The molecule has 0 unspecified atom stereocenters. The number of hydrogen-bond donors (Lipinski definition) is 0. The van der Waals surface area contributed by atoms with E-state index in [2.05, 4.69) is 4.98 Å². The Labute approximate surface area is 116 Å². The van der Waals surface area contributed by atoms with Crippen LogP contribution in [0.4, 0.5) is 0 Å². The second-order valence-electron chi connectivity index (χ2n) is 4.34. The van der Waals surface area contributed by atoms with Gasteiger partial charge in [-0.05, 0) is 35.9 Å². The summed E-state index contributed by atoms with van der Waals surface area (Å²) in [6.45, 7) is 1.12. The molecule has 0 amide bonds. The molecular formula is C16H13NO3. The van der Waals surface area contributed by atoms with Crippen LogP contribution in [0.15, 0.2) is 48.8 Å². The van der Waals surface area contributed by atoms with Crippen LogP contribution < -0.4 is 9.47 Å². The first-order chi connectivity index (χ1) is 9.83. The second-order valence-corrected chi connectivity index (χ2v) is 4.34. The van der Waals surface area contributed by atoms with E-state index in [1.165, 1.54) is 6.08 Å². The second kappa shape index (κ2) is 5.57. The van der Waals surface area contributed by atoms with E-state index in [0.717, 1.165) is 11.3 Å². The van der Waals surface area contributed by atoms with Crippen molar-refractivity contribution in [3.8, 4) is 11.5 Å². The van der Waals surface area contributed by atoms with Gasteiger partial charge in [0.2, 0.25) is 0 Å². The molecule has 20 heavy (non-hydrogen) atoms. The summed E-state index contributed by atoms with van der Waals surface area (Å²) in [6, 6.07) is 9.08. The molecule has 1 aromatic carbocycles. The molecule has 0 spiro atoms. The van der Waals surface area contributed by atoms with Crippen LogP contribution in [0.25, 0.3) is 6.08 Å². The first-order valence-corrected chi connectivity index (χ1v) is 6.35. The van der Waals surface area contributed by atoms with Gasteiger partial charge < -0.3 is 9.47 Å². The van der Waals surface area contributed by atoms with Crippen molar-refractivity contribution in [3.63, 3.8) is 0 Å². The Morgan fingerprint density at radius 1 is 1.15 bits per heavy atom. The highest BCUT2D eigenvalue weighted by Crippen LogP contribution is 2.31. The fraction of sp³-hybridized carbons (Fsp3) is 0.125. The van der Waals surface area contributed by atoms with Crippen molar-refractivity contribution >= 4 is 11.9 Å². The minimum Gasteiger partial charge on any atom is -0.486 e. The number of allylic oxidation sites excluding steroid dienone is 1. The maximum atomic E-state index is 11.9. The third kappa shape index (κ3) is 2.69. The zero-order chi connectivity index (χ0) is 13.8. The topological polar surface area (TPSA) is 48.4 Å². The zero-order valence-electron chi connectivity index (χ0n) is 10.8. The van der Waals surface area contributed by atoms with E-state index in [0.29, 0.717) is 24.5 Å². The Bertz CT molecular complexity index is 650. The van der Waals surface area contributed by atoms with Gasteiger partial charge in [0.15, 0.2) is 17.3 Å². The van der Waals surface area contributed by atoms with E-state index in [9.17, 15) is 4.79 Å². The Morgan fingerprint density at radius 2 is 2.00 bits per heavy atom. The number of ketones is 1. The van der Waals surface area contributed by atoms with Crippen molar-refractivity contribution in [1.29, 1.82) is 0 Å². The Balaban J connectivity index is 1.77. The maximum absolute atomic E-state index is 11.9. The molecule has 1 aliphatic heterocycles. The van der Waals surface area contributed by atoms with E-state index in [1.807, 2.05) is 18.2 Å². The summed E-state index contributed by atoms with van der Waals surface area (Å²) in [4.78, 5) is 15.9. The molecule has 0 radical (unpaired) electrons. The highest BCUT2D eigenvalue weighted by molar-refractivity contribution is 6.06. The molecule has 100 valence electrons. The lowest BCUT2D eigenvalue weighted by atomic mass is 10.1. The summed E-state index contributed by atoms with van der Waals surface area (Å²) < 4.78 is 11.0. The van der Waals surface area contributed by atoms with Gasteiger partial charge in [-0.1, -0.05) is 12.1 Å². The lowest BCUT2D eigenvalue weighted by Crippen LogP contribution is -2.15. The van der Waals surface area contributed by atoms with Crippen LogP contribution >= 0.6 is 0 Å². The predicted molar refractivity (Wildman–Crippen MR) is 75.0 cm³/mol. The molecule has 4 heteroatoms. The first-order valence-electron chi connectivity index (χ1n) is 6.35. The van der Waals surface area contributed by atoms with E-state index in [1.54, 1.807) is 30.6 Å². The van der Waals surface area contributed by atoms with Crippen LogP contribution in [0.2, 0.25) is 0 Å². The number of ether oxygens (including phenoxy) is 2. The van der Waals surface area contributed by atoms with Crippen molar-refractivity contribution in [2.45, 2.75) is 0 Å². The number of benzene rings is 1. The number of fused-ring (bicyclic) bond motifs is 1. The highest BCUT2D eigenvalue weighted by Gasteiger charge is 2.10. The van der Waals surface area contributed by atoms with Crippen LogP contribution in [0, 0.1) is 0 Å². The molecule has 1 aliphatic rings. The van der Waals surface area contributed by atoms with Crippen LogP contribution in [0.3, 0.4) is 0 Å². The highest BCUT2D eigenvalue weighted by atomic mass is 16.6. The molecule has 3 rings (SSSR count). The van der Waals surface area contributed by atoms with Crippen LogP contribution in [0.1, 0.15) is 15.9 Å². The standard InChI is InChI=1S/C16H13NO3/c18-14(13-2-1-7-17-11-13)5-3-12-4-6-15-16(10-12)20-9-8-19-15/h1-7,10-11H,8-9H2/b5-3-. The largest absolute Gasteiger partial charge is 0.486 e. The van der Waals surface area contributed by atoms with Crippen molar-refractivity contribution in [1.82, 2.24) is 4.98 Å². The van der Waals surface area contributed by atoms with Crippen molar-refractivity contribution in [2.75, 3.05) is 13.2 Å². The summed E-state index contributed by atoms with van der Waals surface area (Å²) in [5, 5.41) is 0. The molecule has 2 heterocycles. The molecule has 0 bridgehead atoms. The Kier molecular flexibility index (Phi) is 3.46.